The molecule has 0 aromatic carbocycles. The fraction of sp³-hybridized carbons (Fsp3) is 0.714. The molecule has 5 heteroatoms. The molecule has 0 aliphatic carbocycles. The van der Waals surface area contributed by atoms with Crippen LogP contribution in [0.1, 0.15) is 20.8 Å². The molecular weight excluding hydrogens is 273 g/mol. The van der Waals surface area contributed by atoms with Crippen LogP contribution in [0.2, 0.25) is 0 Å². The zero-order valence-corrected chi connectivity index (χ0v) is 9.41. The third-order valence-electron chi connectivity index (χ3n) is 0.875. The first-order valence-electron chi connectivity index (χ1n) is 3.59. The van der Waals surface area contributed by atoms with Gasteiger partial charge in [0.15, 0.2) is 0 Å². The summed E-state index contributed by atoms with van der Waals surface area (Å²) in [6.07, 6.45) is 0. The number of amides is 1. The molecule has 0 saturated carbocycles. The Morgan fingerprint density at radius 1 is 1.33 bits per heavy atom. The minimum absolute atomic E-state index is 0.0467. The molecule has 4 nitrogen and oxygen atoms in total. The molecule has 0 bridgehead atoms. The molecule has 0 aromatic rings. The quantitative estimate of drug-likeness (QED) is 0.354. The van der Waals surface area contributed by atoms with Crippen LogP contribution in [0.4, 0.5) is 0 Å². The first-order chi connectivity index (χ1) is 5.43. The van der Waals surface area contributed by atoms with E-state index in [0.717, 1.165) is 0 Å². The molecule has 0 spiro atoms. The van der Waals surface area contributed by atoms with Gasteiger partial charge in [-0.15, -0.1) is 0 Å². The molecule has 0 heterocycles. The van der Waals surface area contributed by atoms with E-state index < -0.39 is 11.9 Å². The van der Waals surface area contributed by atoms with Crippen LogP contribution < -0.4 is 5.32 Å². The lowest BCUT2D eigenvalue weighted by Crippen LogP contribution is -2.37. The van der Waals surface area contributed by atoms with Gasteiger partial charge >= 0.3 is 11.9 Å². The molecule has 1 N–H and O–H groups in total. The number of halogens is 1. The zero-order chi connectivity index (χ0) is 9.72. The van der Waals surface area contributed by atoms with E-state index in [1.807, 2.05) is 22.6 Å². The normalized spacial score (nSPS) is 12.4. The second-order valence-corrected chi connectivity index (χ2v) is 4.33. The van der Waals surface area contributed by atoms with Gasteiger partial charge in [0.05, 0.1) is 0 Å². The topological polar surface area (TPSA) is 55.4 Å². The Morgan fingerprint density at radius 2 is 1.83 bits per heavy atom. The molecular formula is C7H12INO3. The fourth-order valence-corrected chi connectivity index (χ4v) is 0.753. The lowest BCUT2D eigenvalue weighted by atomic mass is 10.4. The predicted molar refractivity (Wildman–Crippen MR) is 52.9 cm³/mol. The van der Waals surface area contributed by atoms with Crippen LogP contribution in [0, 0.1) is 0 Å². The SMILES string of the molecule is CC(C)NC(=O)C(=O)O[C@H](C)I. The summed E-state index contributed by atoms with van der Waals surface area (Å²) in [5.41, 5.74) is 0. The van der Waals surface area contributed by atoms with E-state index in [2.05, 4.69) is 10.1 Å². The third kappa shape index (κ3) is 5.34. The van der Waals surface area contributed by atoms with E-state index in [-0.39, 0.29) is 10.2 Å². The van der Waals surface area contributed by atoms with Crippen LogP contribution >= 0.6 is 22.6 Å². The maximum atomic E-state index is 10.9. The summed E-state index contributed by atoms with van der Waals surface area (Å²) >= 11 is 1.90. The van der Waals surface area contributed by atoms with Gasteiger partial charge in [-0.2, -0.15) is 0 Å². The Hall–Kier alpha value is -0.330. The van der Waals surface area contributed by atoms with Gasteiger partial charge in [-0.1, -0.05) is 0 Å². The molecule has 0 unspecified atom stereocenters. The van der Waals surface area contributed by atoms with Crippen molar-refractivity contribution in [2.75, 3.05) is 0 Å². The van der Waals surface area contributed by atoms with Crippen LogP contribution in [-0.2, 0) is 14.3 Å². The van der Waals surface area contributed by atoms with Crippen LogP contribution in [0.15, 0.2) is 0 Å². The summed E-state index contributed by atoms with van der Waals surface area (Å²) in [6.45, 7) is 5.23. The van der Waals surface area contributed by atoms with Gasteiger partial charge < -0.3 is 10.1 Å². The summed E-state index contributed by atoms with van der Waals surface area (Å²) in [7, 11) is 0. The molecule has 0 saturated heterocycles. The minimum atomic E-state index is -0.828. The monoisotopic (exact) mass is 285 g/mol. The average Bonchev–Trinajstić information content (AvgIpc) is 1.84. The van der Waals surface area contributed by atoms with Gasteiger partial charge in [0.25, 0.3) is 0 Å². The number of nitrogens with one attached hydrogen (secondary N) is 1. The van der Waals surface area contributed by atoms with E-state index in [0.29, 0.717) is 0 Å². The van der Waals surface area contributed by atoms with Crippen LogP contribution in [0.3, 0.4) is 0 Å². The molecule has 0 aliphatic heterocycles. The smallest absolute Gasteiger partial charge is 0.397 e. The van der Waals surface area contributed by atoms with E-state index >= 15 is 0 Å². The summed E-state index contributed by atoms with van der Waals surface area (Å²) in [4.78, 5) is 21.7. The van der Waals surface area contributed by atoms with Crippen molar-refractivity contribution < 1.29 is 14.3 Å². The van der Waals surface area contributed by atoms with Crippen molar-refractivity contribution in [2.24, 2.45) is 0 Å². The third-order valence-corrected chi connectivity index (χ3v) is 1.13. The Labute approximate surface area is 85.2 Å². The minimum Gasteiger partial charge on any atom is -0.445 e. The van der Waals surface area contributed by atoms with E-state index in [1.54, 1.807) is 20.8 Å². The summed E-state index contributed by atoms with van der Waals surface area (Å²) in [6, 6.07) is -0.0467. The van der Waals surface area contributed by atoms with Crippen molar-refractivity contribution in [3.8, 4) is 0 Å². The van der Waals surface area contributed by atoms with E-state index in [4.69, 9.17) is 0 Å². The number of hydrogen-bond donors (Lipinski definition) is 1. The van der Waals surface area contributed by atoms with E-state index in [9.17, 15) is 9.59 Å². The van der Waals surface area contributed by atoms with E-state index in [1.165, 1.54) is 0 Å². The highest BCUT2D eigenvalue weighted by atomic mass is 127. The lowest BCUT2D eigenvalue weighted by molar-refractivity contribution is -0.155. The van der Waals surface area contributed by atoms with Crippen molar-refractivity contribution in [3.63, 3.8) is 0 Å². The van der Waals surface area contributed by atoms with Crippen molar-refractivity contribution >= 4 is 34.5 Å². The second-order valence-electron chi connectivity index (χ2n) is 2.58. The number of carbonyl (C=O) groups excluding carboxylic acids is 2. The van der Waals surface area contributed by atoms with Crippen LogP contribution in [0.5, 0.6) is 0 Å². The molecule has 0 aliphatic rings. The molecule has 70 valence electrons. The van der Waals surface area contributed by atoms with Gasteiger partial charge in [0, 0.05) is 6.04 Å². The van der Waals surface area contributed by atoms with Crippen molar-refractivity contribution in [2.45, 2.75) is 30.9 Å². The summed E-state index contributed by atoms with van der Waals surface area (Å²) in [5, 5.41) is 2.43. The standard InChI is InChI=1S/C7H12INO3/c1-4(2)9-6(10)7(11)12-5(3)8/h4-5H,1-3H3,(H,9,10)/t5-/m1/s1. The van der Waals surface area contributed by atoms with Gasteiger partial charge in [-0.25, -0.2) is 4.79 Å². The van der Waals surface area contributed by atoms with Crippen LogP contribution in [0.25, 0.3) is 0 Å². The highest BCUT2D eigenvalue weighted by molar-refractivity contribution is 14.1. The highest BCUT2D eigenvalue weighted by Gasteiger charge is 2.17. The van der Waals surface area contributed by atoms with Gasteiger partial charge in [0.1, 0.15) is 4.11 Å². The lowest BCUT2D eigenvalue weighted by Gasteiger charge is -2.08. The first kappa shape index (κ1) is 11.7. The van der Waals surface area contributed by atoms with Gasteiger partial charge in [0.2, 0.25) is 0 Å². The number of rotatable bonds is 2. The molecule has 0 rings (SSSR count). The molecule has 12 heavy (non-hydrogen) atoms. The first-order valence-corrected chi connectivity index (χ1v) is 4.83. The maximum absolute atomic E-state index is 10.9. The van der Waals surface area contributed by atoms with Crippen LogP contribution in [-0.4, -0.2) is 22.0 Å². The van der Waals surface area contributed by atoms with Gasteiger partial charge in [-0.3, -0.25) is 4.79 Å². The number of hydrogen-bond acceptors (Lipinski definition) is 3. The van der Waals surface area contributed by atoms with Crippen molar-refractivity contribution in [3.05, 3.63) is 0 Å². The summed E-state index contributed by atoms with van der Waals surface area (Å²) in [5.74, 6) is -1.51. The largest absolute Gasteiger partial charge is 0.445 e. The molecule has 0 aromatic heterocycles. The Kier molecular flexibility index (Phi) is 5.19. The predicted octanol–water partition coefficient (Wildman–Crippen LogP) is 0.835. The maximum Gasteiger partial charge on any atom is 0.397 e. The zero-order valence-electron chi connectivity index (χ0n) is 7.26. The molecule has 0 radical (unpaired) electrons. The molecule has 0 fully saturated rings. The Morgan fingerprint density at radius 3 is 2.17 bits per heavy atom. The Balaban J connectivity index is 3.86. The summed E-state index contributed by atoms with van der Waals surface area (Å²) < 4.78 is 4.36. The number of esters is 1. The number of ether oxygens (including phenoxy) is 1. The highest BCUT2D eigenvalue weighted by Crippen LogP contribution is 2.00. The van der Waals surface area contributed by atoms with Crippen molar-refractivity contribution in [1.82, 2.24) is 5.32 Å². The number of alkyl halides is 1. The van der Waals surface area contributed by atoms with Crippen molar-refractivity contribution in [1.29, 1.82) is 0 Å². The molecule has 1 amide bonds. The second kappa shape index (κ2) is 5.34. The van der Waals surface area contributed by atoms with Gasteiger partial charge in [-0.05, 0) is 43.4 Å². The fourth-order valence-electron chi connectivity index (χ4n) is 0.522. The average molecular weight is 285 g/mol. The number of carbonyl (C=O) groups is 2. The Bertz CT molecular complexity index is 159. The molecule has 1 atom stereocenters.